The van der Waals surface area contributed by atoms with Gasteiger partial charge in [-0.3, -0.25) is 4.79 Å². The van der Waals surface area contributed by atoms with Crippen LogP contribution in [0.2, 0.25) is 0 Å². The van der Waals surface area contributed by atoms with Gasteiger partial charge in [0, 0.05) is 31.0 Å². The molecule has 3 rings (SSSR count). The second kappa shape index (κ2) is 6.99. The first-order valence-electron chi connectivity index (χ1n) is 8.51. The number of nitrogens with one attached hydrogen (secondary N) is 1. The monoisotopic (exact) mass is 311 g/mol. The summed E-state index contributed by atoms with van der Waals surface area (Å²) >= 11 is 0. The Labute approximate surface area is 137 Å². The van der Waals surface area contributed by atoms with Crippen LogP contribution in [0.4, 0.5) is 0 Å². The van der Waals surface area contributed by atoms with E-state index in [1.54, 1.807) is 0 Å². The van der Waals surface area contributed by atoms with E-state index in [9.17, 15) is 4.79 Å². The van der Waals surface area contributed by atoms with Crippen LogP contribution in [0.1, 0.15) is 47.1 Å². The molecule has 0 aliphatic heterocycles. The van der Waals surface area contributed by atoms with Crippen LogP contribution in [-0.4, -0.2) is 22.0 Å². The molecule has 4 nitrogen and oxygen atoms in total. The fraction of sp³-hybridized carbons (Fsp3) is 0.474. The lowest BCUT2D eigenvalue weighted by molar-refractivity contribution is 0.0946. The van der Waals surface area contributed by atoms with Crippen molar-refractivity contribution in [3.05, 3.63) is 53.1 Å². The van der Waals surface area contributed by atoms with Gasteiger partial charge in [-0.2, -0.15) is 0 Å². The van der Waals surface area contributed by atoms with Crippen LogP contribution in [-0.2, 0) is 19.4 Å². The van der Waals surface area contributed by atoms with Gasteiger partial charge in [-0.15, -0.1) is 0 Å². The number of carbonyl (C=O) groups is 1. The first-order valence-corrected chi connectivity index (χ1v) is 8.51. The average molecular weight is 311 g/mol. The van der Waals surface area contributed by atoms with Gasteiger partial charge in [0.2, 0.25) is 0 Å². The molecule has 0 saturated heterocycles. The Bertz CT molecular complexity index is 690. The van der Waals surface area contributed by atoms with E-state index in [4.69, 9.17) is 0 Å². The molecule has 1 aromatic carbocycles. The summed E-state index contributed by atoms with van der Waals surface area (Å²) in [6.07, 6.45) is 8.55. The van der Waals surface area contributed by atoms with E-state index in [1.165, 1.54) is 24.0 Å². The number of aryl methyl sites for hydroxylation is 3. The van der Waals surface area contributed by atoms with Crippen LogP contribution in [0, 0.1) is 12.8 Å². The molecule has 1 amide bonds. The lowest BCUT2D eigenvalue weighted by atomic mass is 9.90. The predicted octanol–water partition coefficient (Wildman–Crippen LogP) is 3.14. The van der Waals surface area contributed by atoms with Crippen LogP contribution >= 0.6 is 0 Å². The predicted molar refractivity (Wildman–Crippen MR) is 91.5 cm³/mol. The number of aromatic nitrogens is 2. The van der Waals surface area contributed by atoms with Gasteiger partial charge in [0.1, 0.15) is 5.82 Å². The molecule has 1 heterocycles. The molecule has 1 unspecified atom stereocenters. The molecule has 1 N–H and O–H groups in total. The summed E-state index contributed by atoms with van der Waals surface area (Å²) in [5.74, 6) is 1.41. The van der Waals surface area contributed by atoms with Crippen molar-refractivity contribution in [2.45, 2.75) is 46.1 Å². The Morgan fingerprint density at radius 3 is 2.83 bits per heavy atom. The van der Waals surface area contributed by atoms with Gasteiger partial charge in [-0.1, -0.05) is 13.0 Å². The number of nitrogens with zero attached hydrogens (tertiary/aromatic N) is 2. The van der Waals surface area contributed by atoms with Crippen LogP contribution in [0.3, 0.4) is 0 Å². The Balaban J connectivity index is 1.56. The Hall–Kier alpha value is -2.10. The van der Waals surface area contributed by atoms with Crippen LogP contribution in [0.15, 0.2) is 30.6 Å². The number of fused-ring (bicyclic) bond motifs is 1. The molecule has 1 aliphatic rings. The van der Waals surface area contributed by atoms with Gasteiger partial charge in [0.15, 0.2) is 0 Å². The number of benzene rings is 1. The quantitative estimate of drug-likeness (QED) is 0.922. The Morgan fingerprint density at radius 1 is 1.30 bits per heavy atom. The van der Waals surface area contributed by atoms with E-state index >= 15 is 0 Å². The molecular weight excluding hydrogens is 286 g/mol. The zero-order chi connectivity index (χ0) is 16.2. The summed E-state index contributed by atoms with van der Waals surface area (Å²) in [4.78, 5) is 16.6. The number of hydrogen-bond donors (Lipinski definition) is 1. The first-order chi connectivity index (χ1) is 11.1. The molecule has 0 saturated carbocycles. The second-order valence-electron chi connectivity index (χ2n) is 6.63. The number of amides is 1. The molecule has 1 aromatic heterocycles. The smallest absolute Gasteiger partial charge is 0.251 e. The lowest BCUT2D eigenvalue weighted by Crippen LogP contribution is -2.30. The van der Waals surface area contributed by atoms with E-state index in [-0.39, 0.29) is 5.91 Å². The zero-order valence-corrected chi connectivity index (χ0v) is 14.0. The number of imidazole rings is 1. The molecule has 0 bridgehead atoms. The maximum atomic E-state index is 12.4. The standard InChI is InChI=1S/C19H25N3O/c1-14(13-22-10-9-20-15(22)2)12-21-19(23)18-8-7-16-5-3-4-6-17(16)11-18/h7-11,14H,3-6,12-13H2,1-2H3,(H,21,23). The third-order valence-electron chi connectivity index (χ3n) is 4.65. The fourth-order valence-corrected chi connectivity index (χ4v) is 3.24. The van der Waals surface area contributed by atoms with E-state index in [0.717, 1.165) is 30.8 Å². The third kappa shape index (κ3) is 3.81. The van der Waals surface area contributed by atoms with Gasteiger partial charge >= 0.3 is 0 Å². The number of rotatable bonds is 5. The van der Waals surface area contributed by atoms with E-state index in [0.29, 0.717) is 12.5 Å². The van der Waals surface area contributed by atoms with Gasteiger partial charge in [-0.25, -0.2) is 4.98 Å². The van der Waals surface area contributed by atoms with E-state index in [2.05, 4.69) is 33.9 Å². The van der Waals surface area contributed by atoms with Gasteiger partial charge in [0.05, 0.1) is 0 Å². The lowest BCUT2D eigenvalue weighted by Gasteiger charge is -2.17. The fourth-order valence-electron chi connectivity index (χ4n) is 3.24. The third-order valence-corrected chi connectivity index (χ3v) is 4.65. The molecule has 1 atom stereocenters. The van der Waals surface area contributed by atoms with Gasteiger partial charge in [0.25, 0.3) is 5.91 Å². The molecule has 23 heavy (non-hydrogen) atoms. The highest BCUT2D eigenvalue weighted by Crippen LogP contribution is 2.22. The molecular formula is C19H25N3O. The van der Waals surface area contributed by atoms with Crippen LogP contribution in [0.25, 0.3) is 0 Å². The van der Waals surface area contributed by atoms with Crippen molar-refractivity contribution in [2.75, 3.05) is 6.54 Å². The van der Waals surface area contributed by atoms with E-state index in [1.807, 2.05) is 25.4 Å². The van der Waals surface area contributed by atoms with Crippen molar-refractivity contribution in [1.82, 2.24) is 14.9 Å². The van der Waals surface area contributed by atoms with Gasteiger partial charge in [-0.05, 0) is 61.8 Å². The molecule has 0 spiro atoms. The van der Waals surface area contributed by atoms with Crippen LogP contribution < -0.4 is 5.32 Å². The second-order valence-corrected chi connectivity index (χ2v) is 6.63. The largest absolute Gasteiger partial charge is 0.352 e. The minimum Gasteiger partial charge on any atom is -0.352 e. The van der Waals surface area contributed by atoms with E-state index < -0.39 is 0 Å². The SMILES string of the molecule is Cc1nccn1CC(C)CNC(=O)c1ccc2c(c1)CCCC2. The molecule has 2 aromatic rings. The van der Waals surface area contributed by atoms with Crippen molar-refractivity contribution in [3.8, 4) is 0 Å². The molecule has 0 radical (unpaired) electrons. The highest BCUT2D eigenvalue weighted by molar-refractivity contribution is 5.94. The highest BCUT2D eigenvalue weighted by atomic mass is 16.1. The summed E-state index contributed by atoms with van der Waals surface area (Å²) in [5.41, 5.74) is 3.56. The Morgan fingerprint density at radius 2 is 2.09 bits per heavy atom. The molecule has 1 aliphatic carbocycles. The summed E-state index contributed by atoms with van der Waals surface area (Å²) in [5, 5.41) is 3.06. The maximum Gasteiger partial charge on any atom is 0.251 e. The van der Waals surface area contributed by atoms with Crippen molar-refractivity contribution in [2.24, 2.45) is 5.92 Å². The molecule has 0 fully saturated rings. The minimum absolute atomic E-state index is 0.0348. The molecule has 122 valence electrons. The van der Waals surface area contributed by atoms with Crippen molar-refractivity contribution in [3.63, 3.8) is 0 Å². The van der Waals surface area contributed by atoms with Crippen molar-refractivity contribution in [1.29, 1.82) is 0 Å². The summed E-state index contributed by atoms with van der Waals surface area (Å²) in [6.45, 7) is 5.69. The van der Waals surface area contributed by atoms with Crippen LogP contribution in [0.5, 0.6) is 0 Å². The molecule has 4 heteroatoms. The van der Waals surface area contributed by atoms with Crippen molar-refractivity contribution >= 4 is 5.91 Å². The highest BCUT2D eigenvalue weighted by Gasteiger charge is 2.13. The normalized spacial score (nSPS) is 15.0. The summed E-state index contributed by atoms with van der Waals surface area (Å²) in [6, 6.07) is 6.17. The topological polar surface area (TPSA) is 46.9 Å². The van der Waals surface area contributed by atoms with Gasteiger partial charge < -0.3 is 9.88 Å². The first kappa shape index (κ1) is 15.8. The Kier molecular flexibility index (Phi) is 4.79. The number of carbonyl (C=O) groups excluding carboxylic acids is 1. The minimum atomic E-state index is 0.0348. The summed E-state index contributed by atoms with van der Waals surface area (Å²) < 4.78 is 2.12. The average Bonchev–Trinajstić information content (AvgIpc) is 2.97. The zero-order valence-electron chi connectivity index (χ0n) is 14.0. The number of hydrogen-bond acceptors (Lipinski definition) is 2. The maximum absolute atomic E-state index is 12.4. The summed E-state index contributed by atoms with van der Waals surface area (Å²) in [7, 11) is 0. The van der Waals surface area contributed by atoms with Crippen molar-refractivity contribution < 1.29 is 4.79 Å².